The Kier molecular flexibility index (Phi) is 5.79. The van der Waals surface area contributed by atoms with E-state index in [0.717, 1.165) is 31.9 Å². The van der Waals surface area contributed by atoms with Crippen molar-refractivity contribution in [1.29, 1.82) is 0 Å². The Balaban J connectivity index is 1.32. The van der Waals surface area contributed by atoms with Crippen molar-refractivity contribution in [2.24, 2.45) is 0 Å². The SMILES string of the molecule is Cc1cccc(N2CCN(C(=O)c3ccc(NC4CCCCC4)cn3)CC2)c1. The van der Waals surface area contributed by atoms with Gasteiger partial charge in [-0.3, -0.25) is 4.79 Å². The number of anilines is 2. The Morgan fingerprint density at radius 2 is 1.82 bits per heavy atom. The van der Waals surface area contributed by atoms with Crippen molar-refractivity contribution in [1.82, 2.24) is 9.88 Å². The van der Waals surface area contributed by atoms with Crippen molar-refractivity contribution in [2.45, 2.75) is 45.1 Å². The highest BCUT2D eigenvalue weighted by Crippen LogP contribution is 2.22. The maximum Gasteiger partial charge on any atom is 0.272 e. The van der Waals surface area contributed by atoms with Crippen LogP contribution in [0.15, 0.2) is 42.6 Å². The molecule has 0 spiro atoms. The molecule has 148 valence electrons. The predicted molar refractivity (Wildman–Crippen MR) is 114 cm³/mol. The molecule has 0 atom stereocenters. The van der Waals surface area contributed by atoms with E-state index in [2.05, 4.69) is 46.4 Å². The molecule has 2 heterocycles. The van der Waals surface area contributed by atoms with E-state index in [0.29, 0.717) is 11.7 Å². The monoisotopic (exact) mass is 378 g/mol. The van der Waals surface area contributed by atoms with Gasteiger partial charge in [0, 0.05) is 37.9 Å². The summed E-state index contributed by atoms with van der Waals surface area (Å²) in [4.78, 5) is 21.5. The van der Waals surface area contributed by atoms with E-state index < -0.39 is 0 Å². The van der Waals surface area contributed by atoms with E-state index in [1.54, 1.807) is 0 Å². The van der Waals surface area contributed by atoms with E-state index >= 15 is 0 Å². The van der Waals surface area contributed by atoms with Crippen molar-refractivity contribution in [3.8, 4) is 0 Å². The molecule has 0 radical (unpaired) electrons. The molecule has 0 bridgehead atoms. The number of carbonyl (C=O) groups is 1. The standard InChI is InChI=1S/C23H30N4O/c1-18-6-5-9-21(16-18)26-12-14-27(15-13-26)23(28)22-11-10-20(17-24-22)25-19-7-3-2-4-8-19/h5-6,9-11,16-17,19,25H,2-4,7-8,12-15H2,1H3. The molecule has 4 rings (SSSR count). The Bertz CT molecular complexity index is 791. The smallest absolute Gasteiger partial charge is 0.272 e. The number of carbonyl (C=O) groups excluding carboxylic acids is 1. The van der Waals surface area contributed by atoms with Gasteiger partial charge in [0.25, 0.3) is 5.91 Å². The van der Waals surface area contributed by atoms with E-state index in [-0.39, 0.29) is 5.91 Å². The first kappa shape index (κ1) is 18.8. The highest BCUT2D eigenvalue weighted by Gasteiger charge is 2.23. The van der Waals surface area contributed by atoms with Crippen LogP contribution in [0.5, 0.6) is 0 Å². The highest BCUT2D eigenvalue weighted by molar-refractivity contribution is 5.92. The van der Waals surface area contributed by atoms with E-state index in [1.807, 2.05) is 23.2 Å². The highest BCUT2D eigenvalue weighted by atomic mass is 16.2. The third-order valence-electron chi connectivity index (χ3n) is 5.89. The summed E-state index contributed by atoms with van der Waals surface area (Å²) in [5.41, 5.74) is 4.07. The van der Waals surface area contributed by atoms with Gasteiger partial charge in [-0.15, -0.1) is 0 Å². The van der Waals surface area contributed by atoms with Gasteiger partial charge in [-0.25, -0.2) is 4.98 Å². The third-order valence-corrected chi connectivity index (χ3v) is 5.89. The average Bonchev–Trinajstić information content (AvgIpc) is 2.75. The normalized spacial score (nSPS) is 18.2. The van der Waals surface area contributed by atoms with Crippen molar-refractivity contribution in [3.63, 3.8) is 0 Å². The maximum atomic E-state index is 12.8. The molecule has 1 aromatic carbocycles. The molecular formula is C23H30N4O. The molecule has 2 aliphatic rings. The van der Waals surface area contributed by atoms with Crippen LogP contribution in [0.1, 0.15) is 48.2 Å². The minimum atomic E-state index is 0.0353. The number of benzene rings is 1. The van der Waals surface area contributed by atoms with Gasteiger partial charge in [0.1, 0.15) is 5.69 Å². The molecular weight excluding hydrogens is 348 g/mol. The molecule has 1 amide bonds. The van der Waals surface area contributed by atoms with E-state index in [9.17, 15) is 4.79 Å². The van der Waals surface area contributed by atoms with Crippen molar-refractivity contribution in [3.05, 3.63) is 53.9 Å². The molecule has 1 saturated carbocycles. The fourth-order valence-electron chi connectivity index (χ4n) is 4.24. The van der Waals surface area contributed by atoms with Gasteiger partial charge in [0.05, 0.1) is 11.9 Å². The number of nitrogens with one attached hydrogen (secondary N) is 1. The zero-order chi connectivity index (χ0) is 19.3. The van der Waals surface area contributed by atoms with Crippen molar-refractivity contribution < 1.29 is 4.79 Å². The van der Waals surface area contributed by atoms with E-state index in [4.69, 9.17) is 0 Å². The Labute approximate surface area is 167 Å². The van der Waals surface area contributed by atoms with Crippen LogP contribution in [0, 0.1) is 6.92 Å². The van der Waals surface area contributed by atoms with Gasteiger partial charge in [-0.05, 0) is 49.6 Å². The number of rotatable bonds is 4. The molecule has 1 aliphatic heterocycles. The van der Waals surface area contributed by atoms with Crippen LogP contribution in [-0.4, -0.2) is 48.0 Å². The van der Waals surface area contributed by atoms with Crippen LogP contribution in [0.3, 0.4) is 0 Å². The van der Waals surface area contributed by atoms with Gasteiger partial charge in [0.15, 0.2) is 0 Å². The zero-order valence-corrected chi connectivity index (χ0v) is 16.7. The summed E-state index contributed by atoms with van der Waals surface area (Å²) >= 11 is 0. The lowest BCUT2D eigenvalue weighted by molar-refractivity contribution is 0.0741. The fraction of sp³-hybridized carbons (Fsp3) is 0.478. The fourth-order valence-corrected chi connectivity index (χ4v) is 4.24. The Hall–Kier alpha value is -2.56. The molecule has 1 aromatic heterocycles. The first-order chi connectivity index (χ1) is 13.7. The number of aryl methyl sites for hydroxylation is 1. The second-order valence-electron chi connectivity index (χ2n) is 8.03. The van der Waals surface area contributed by atoms with Crippen LogP contribution >= 0.6 is 0 Å². The molecule has 2 fully saturated rings. The number of hydrogen-bond donors (Lipinski definition) is 1. The lowest BCUT2D eigenvalue weighted by Gasteiger charge is -2.36. The lowest BCUT2D eigenvalue weighted by Crippen LogP contribution is -2.49. The number of piperazine rings is 1. The number of hydrogen-bond acceptors (Lipinski definition) is 4. The minimum Gasteiger partial charge on any atom is -0.381 e. The summed E-state index contributed by atoms with van der Waals surface area (Å²) in [7, 11) is 0. The van der Waals surface area contributed by atoms with Gasteiger partial charge in [0.2, 0.25) is 0 Å². The molecule has 1 aliphatic carbocycles. The molecule has 1 N–H and O–H groups in total. The molecule has 5 nitrogen and oxygen atoms in total. The summed E-state index contributed by atoms with van der Waals surface area (Å²) in [6.07, 6.45) is 8.22. The Morgan fingerprint density at radius 1 is 1.04 bits per heavy atom. The van der Waals surface area contributed by atoms with Crippen molar-refractivity contribution >= 4 is 17.3 Å². The van der Waals surface area contributed by atoms with Crippen molar-refractivity contribution in [2.75, 3.05) is 36.4 Å². The molecule has 28 heavy (non-hydrogen) atoms. The summed E-state index contributed by atoms with van der Waals surface area (Å²) in [5.74, 6) is 0.0353. The first-order valence-electron chi connectivity index (χ1n) is 10.5. The lowest BCUT2D eigenvalue weighted by atomic mass is 9.95. The van der Waals surface area contributed by atoms with Gasteiger partial charge in [-0.2, -0.15) is 0 Å². The van der Waals surface area contributed by atoms with Crippen LogP contribution in [0.4, 0.5) is 11.4 Å². The number of nitrogens with zero attached hydrogens (tertiary/aromatic N) is 3. The summed E-state index contributed by atoms with van der Waals surface area (Å²) in [5, 5.41) is 3.56. The predicted octanol–water partition coefficient (Wildman–Crippen LogP) is 4.10. The second-order valence-corrected chi connectivity index (χ2v) is 8.03. The Morgan fingerprint density at radius 3 is 2.50 bits per heavy atom. The van der Waals surface area contributed by atoms with Gasteiger partial charge < -0.3 is 15.1 Å². The van der Waals surface area contributed by atoms with Crippen LogP contribution in [0.2, 0.25) is 0 Å². The molecule has 2 aromatic rings. The number of amides is 1. The van der Waals surface area contributed by atoms with Crippen LogP contribution in [-0.2, 0) is 0 Å². The van der Waals surface area contributed by atoms with E-state index in [1.165, 1.54) is 43.4 Å². The quantitative estimate of drug-likeness (QED) is 0.870. The summed E-state index contributed by atoms with van der Waals surface area (Å²) in [6, 6.07) is 13.0. The third kappa shape index (κ3) is 4.46. The summed E-state index contributed by atoms with van der Waals surface area (Å²) in [6.45, 7) is 5.29. The minimum absolute atomic E-state index is 0.0353. The molecule has 0 unspecified atom stereocenters. The van der Waals surface area contributed by atoms with Gasteiger partial charge in [-0.1, -0.05) is 31.4 Å². The first-order valence-corrected chi connectivity index (χ1v) is 10.5. The summed E-state index contributed by atoms with van der Waals surface area (Å²) < 4.78 is 0. The largest absolute Gasteiger partial charge is 0.381 e. The van der Waals surface area contributed by atoms with Crippen LogP contribution in [0.25, 0.3) is 0 Å². The number of pyridine rings is 1. The topological polar surface area (TPSA) is 48.5 Å². The molecule has 1 saturated heterocycles. The van der Waals surface area contributed by atoms with Gasteiger partial charge >= 0.3 is 0 Å². The second kappa shape index (κ2) is 8.63. The zero-order valence-electron chi connectivity index (χ0n) is 16.7. The average molecular weight is 379 g/mol. The maximum absolute atomic E-state index is 12.8. The number of aromatic nitrogens is 1. The van der Waals surface area contributed by atoms with Crippen LogP contribution < -0.4 is 10.2 Å². The molecule has 5 heteroatoms.